The number of carboxylic acids is 1. The van der Waals surface area contributed by atoms with Crippen molar-refractivity contribution in [3.63, 3.8) is 0 Å². The molecular weight excluding hydrogens is 357 g/mol. The predicted octanol–water partition coefficient (Wildman–Crippen LogP) is 3.49. The van der Waals surface area contributed by atoms with E-state index in [-0.39, 0.29) is 24.3 Å². The maximum atomic E-state index is 13.1. The largest absolute Gasteiger partial charge is 0.481 e. The molecule has 138 valence electrons. The van der Waals surface area contributed by atoms with Gasteiger partial charge in [-0.05, 0) is 49.9 Å². The Kier molecular flexibility index (Phi) is 5.82. The van der Waals surface area contributed by atoms with Crippen molar-refractivity contribution >= 4 is 23.3 Å². The van der Waals surface area contributed by atoms with Crippen LogP contribution in [-0.2, 0) is 11.2 Å². The van der Waals surface area contributed by atoms with Gasteiger partial charge in [-0.3, -0.25) is 4.79 Å². The second-order valence-corrected chi connectivity index (χ2v) is 7.26. The zero-order valence-corrected chi connectivity index (χ0v) is 14.9. The van der Waals surface area contributed by atoms with E-state index in [0.29, 0.717) is 13.0 Å². The monoisotopic (exact) mass is 377 g/mol. The van der Waals surface area contributed by atoms with Crippen LogP contribution in [0.3, 0.4) is 0 Å². The lowest BCUT2D eigenvalue weighted by molar-refractivity contribution is -0.137. The van der Waals surface area contributed by atoms with E-state index in [4.69, 9.17) is 5.11 Å². The number of aryl methyl sites for hydroxylation is 1. The van der Waals surface area contributed by atoms with E-state index >= 15 is 0 Å². The molecule has 1 heterocycles. The first-order valence-electron chi connectivity index (χ1n) is 8.54. The highest BCUT2D eigenvalue weighted by atomic mass is 32.1. The van der Waals surface area contributed by atoms with Gasteiger partial charge in [0.05, 0.1) is 11.7 Å². The summed E-state index contributed by atoms with van der Waals surface area (Å²) >= 11 is 1.58. The molecule has 1 aliphatic rings. The van der Waals surface area contributed by atoms with Crippen molar-refractivity contribution in [3.8, 4) is 10.6 Å². The zero-order valence-electron chi connectivity index (χ0n) is 14.1. The number of rotatable bonds is 6. The van der Waals surface area contributed by atoms with Crippen LogP contribution in [0.5, 0.6) is 0 Å². The molecule has 1 aromatic heterocycles. The lowest BCUT2D eigenvalue weighted by Crippen LogP contribution is -2.39. The number of thiazole rings is 1. The molecule has 0 radical (unpaired) electrons. The molecule has 2 amide bonds. The quantitative estimate of drug-likeness (QED) is 0.672. The Hall–Kier alpha value is -2.48. The third-order valence-corrected chi connectivity index (χ3v) is 5.38. The Morgan fingerprint density at radius 2 is 2.08 bits per heavy atom. The Balaban J connectivity index is 1.64. The molecule has 1 aromatic carbocycles. The molecule has 0 saturated heterocycles. The molecule has 26 heavy (non-hydrogen) atoms. The van der Waals surface area contributed by atoms with Crippen LogP contribution in [0.15, 0.2) is 24.3 Å². The summed E-state index contributed by atoms with van der Waals surface area (Å²) in [6.07, 6.45) is 3.11. The first kappa shape index (κ1) is 18.3. The molecule has 3 N–H and O–H groups in total. The SMILES string of the molecule is O=C(O)CCCNC(=O)NC1CCCc2sc(-c3ccc(F)cc3)nc21. The van der Waals surface area contributed by atoms with Gasteiger partial charge in [0.1, 0.15) is 10.8 Å². The number of carbonyl (C=O) groups is 2. The highest BCUT2D eigenvalue weighted by Crippen LogP contribution is 2.37. The summed E-state index contributed by atoms with van der Waals surface area (Å²) in [5.41, 5.74) is 1.74. The van der Waals surface area contributed by atoms with Crippen molar-refractivity contribution < 1.29 is 19.1 Å². The summed E-state index contributed by atoms with van der Waals surface area (Å²) in [4.78, 5) is 28.3. The molecular formula is C18H20FN3O3S. The number of nitrogens with zero attached hydrogens (tertiary/aromatic N) is 1. The predicted molar refractivity (Wildman–Crippen MR) is 96.6 cm³/mol. The molecule has 8 heteroatoms. The number of aromatic nitrogens is 1. The van der Waals surface area contributed by atoms with Crippen molar-refractivity contribution in [2.75, 3.05) is 6.54 Å². The number of hydrogen-bond donors (Lipinski definition) is 3. The average molecular weight is 377 g/mol. The van der Waals surface area contributed by atoms with Crippen molar-refractivity contribution in [1.29, 1.82) is 0 Å². The number of carbonyl (C=O) groups excluding carboxylic acids is 1. The molecule has 2 aromatic rings. The molecule has 0 bridgehead atoms. The van der Waals surface area contributed by atoms with Gasteiger partial charge in [-0.15, -0.1) is 11.3 Å². The lowest BCUT2D eigenvalue weighted by atomic mass is 9.98. The van der Waals surface area contributed by atoms with Crippen molar-refractivity contribution in [2.45, 2.75) is 38.1 Å². The minimum absolute atomic E-state index is 0.0287. The second-order valence-electron chi connectivity index (χ2n) is 6.18. The van der Waals surface area contributed by atoms with Gasteiger partial charge in [-0.25, -0.2) is 14.2 Å². The van der Waals surface area contributed by atoms with Gasteiger partial charge in [0, 0.05) is 23.4 Å². The Morgan fingerprint density at radius 1 is 1.31 bits per heavy atom. The van der Waals surface area contributed by atoms with Crippen LogP contribution in [-0.4, -0.2) is 28.6 Å². The fourth-order valence-corrected chi connectivity index (χ4v) is 4.10. The highest BCUT2D eigenvalue weighted by molar-refractivity contribution is 7.15. The number of amides is 2. The van der Waals surface area contributed by atoms with E-state index in [0.717, 1.165) is 40.4 Å². The Bertz CT molecular complexity index is 791. The first-order valence-corrected chi connectivity index (χ1v) is 9.36. The zero-order chi connectivity index (χ0) is 18.5. The lowest BCUT2D eigenvalue weighted by Gasteiger charge is -2.22. The van der Waals surface area contributed by atoms with E-state index in [1.165, 1.54) is 12.1 Å². The molecule has 1 unspecified atom stereocenters. The van der Waals surface area contributed by atoms with Crippen LogP contribution in [0.2, 0.25) is 0 Å². The van der Waals surface area contributed by atoms with E-state index in [9.17, 15) is 14.0 Å². The summed E-state index contributed by atoms with van der Waals surface area (Å²) in [5.74, 6) is -1.16. The fraction of sp³-hybridized carbons (Fsp3) is 0.389. The molecule has 0 saturated carbocycles. The topological polar surface area (TPSA) is 91.3 Å². The van der Waals surface area contributed by atoms with Gasteiger partial charge < -0.3 is 15.7 Å². The van der Waals surface area contributed by atoms with Gasteiger partial charge in [0.15, 0.2) is 0 Å². The number of nitrogens with one attached hydrogen (secondary N) is 2. The molecule has 1 atom stereocenters. The average Bonchev–Trinajstić information content (AvgIpc) is 3.04. The van der Waals surface area contributed by atoms with Gasteiger partial charge in [-0.1, -0.05) is 0 Å². The van der Waals surface area contributed by atoms with Crippen LogP contribution >= 0.6 is 11.3 Å². The van der Waals surface area contributed by atoms with Gasteiger partial charge in [0.25, 0.3) is 0 Å². The maximum absolute atomic E-state index is 13.1. The number of carboxylic acid groups (broad SMARTS) is 1. The van der Waals surface area contributed by atoms with Crippen molar-refractivity contribution in [1.82, 2.24) is 15.6 Å². The van der Waals surface area contributed by atoms with Crippen LogP contribution in [0, 0.1) is 5.82 Å². The molecule has 1 aliphatic carbocycles. The molecule has 0 spiro atoms. The first-order chi connectivity index (χ1) is 12.5. The van der Waals surface area contributed by atoms with Crippen LogP contribution in [0.4, 0.5) is 9.18 Å². The van der Waals surface area contributed by atoms with Crippen LogP contribution < -0.4 is 10.6 Å². The van der Waals surface area contributed by atoms with Gasteiger partial charge in [-0.2, -0.15) is 0 Å². The second kappa shape index (κ2) is 8.27. The third kappa shape index (κ3) is 4.57. The molecule has 0 fully saturated rings. The van der Waals surface area contributed by atoms with Crippen molar-refractivity contribution in [2.24, 2.45) is 0 Å². The van der Waals surface area contributed by atoms with Crippen LogP contribution in [0.25, 0.3) is 10.6 Å². The Morgan fingerprint density at radius 3 is 2.81 bits per heavy atom. The number of benzene rings is 1. The van der Waals surface area contributed by atoms with Crippen LogP contribution in [0.1, 0.15) is 42.3 Å². The minimum Gasteiger partial charge on any atom is -0.481 e. The maximum Gasteiger partial charge on any atom is 0.315 e. The van der Waals surface area contributed by atoms with Gasteiger partial charge in [0.2, 0.25) is 0 Å². The number of hydrogen-bond acceptors (Lipinski definition) is 4. The minimum atomic E-state index is -0.875. The highest BCUT2D eigenvalue weighted by Gasteiger charge is 2.26. The normalized spacial score (nSPS) is 16.0. The summed E-state index contributed by atoms with van der Waals surface area (Å²) < 4.78 is 13.1. The molecule has 0 aliphatic heterocycles. The van der Waals surface area contributed by atoms with E-state index in [1.807, 2.05) is 0 Å². The number of fused-ring (bicyclic) bond motifs is 1. The molecule has 3 rings (SSSR count). The fourth-order valence-electron chi connectivity index (χ4n) is 2.93. The van der Waals surface area contributed by atoms with Crippen molar-refractivity contribution in [3.05, 3.63) is 40.7 Å². The standard InChI is InChI=1S/C18H20FN3O3S/c19-12-8-6-11(7-9-12)17-22-16-13(3-1-4-14(16)26-17)21-18(25)20-10-2-5-15(23)24/h6-9,13H,1-5,10H2,(H,23,24)(H2,20,21,25). The number of halogens is 1. The Labute approximate surface area is 154 Å². The number of aliphatic carboxylic acids is 1. The summed E-state index contributed by atoms with van der Waals surface area (Å²) in [5, 5.41) is 15.0. The summed E-state index contributed by atoms with van der Waals surface area (Å²) in [6, 6.07) is 5.76. The van der Waals surface area contributed by atoms with E-state index < -0.39 is 5.97 Å². The summed E-state index contributed by atoms with van der Waals surface area (Å²) in [6.45, 7) is 0.315. The van der Waals surface area contributed by atoms with E-state index in [2.05, 4.69) is 15.6 Å². The number of urea groups is 1. The third-order valence-electron chi connectivity index (χ3n) is 4.20. The smallest absolute Gasteiger partial charge is 0.315 e. The van der Waals surface area contributed by atoms with E-state index in [1.54, 1.807) is 23.5 Å². The molecule has 6 nitrogen and oxygen atoms in total. The van der Waals surface area contributed by atoms with Gasteiger partial charge >= 0.3 is 12.0 Å². The summed E-state index contributed by atoms with van der Waals surface area (Å²) in [7, 11) is 0.